The summed E-state index contributed by atoms with van der Waals surface area (Å²) in [5.74, 6) is -0.404. The van der Waals surface area contributed by atoms with E-state index in [1.165, 1.54) is 23.1 Å². The van der Waals surface area contributed by atoms with Crippen LogP contribution in [0.1, 0.15) is 23.0 Å². The van der Waals surface area contributed by atoms with Gasteiger partial charge in [-0.1, -0.05) is 0 Å². The van der Waals surface area contributed by atoms with Crippen LogP contribution in [-0.4, -0.2) is 34.6 Å². The number of aryl methyl sites for hydroxylation is 1. The molecule has 1 N–H and O–H groups in total. The van der Waals surface area contributed by atoms with Gasteiger partial charge < -0.3 is 14.4 Å². The predicted molar refractivity (Wildman–Crippen MR) is 67.4 cm³/mol. The molecule has 1 aromatic heterocycles. The Morgan fingerprint density at radius 2 is 2.16 bits per heavy atom. The van der Waals surface area contributed by atoms with Gasteiger partial charge in [0, 0.05) is 10.9 Å². The zero-order chi connectivity index (χ0) is 13.8. The molecule has 5 heteroatoms. The average Bonchev–Trinajstić information content (AvgIpc) is 2.63. The van der Waals surface area contributed by atoms with Crippen LogP contribution in [0.25, 0.3) is 11.0 Å². The molecule has 4 nitrogen and oxygen atoms in total. The highest BCUT2D eigenvalue weighted by Gasteiger charge is 2.41. The van der Waals surface area contributed by atoms with Crippen molar-refractivity contribution in [3.8, 4) is 0 Å². The van der Waals surface area contributed by atoms with E-state index in [4.69, 9.17) is 4.42 Å². The SMILES string of the molecule is Cc1c(C(=O)N2CC(C)(O)C2)oc2ccc(F)cc12. The lowest BCUT2D eigenvalue weighted by Crippen LogP contribution is -2.61. The van der Waals surface area contributed by atoms with Crippen molar-refractivity contribution in [3.63, 3.8) is 0 Å². The normalized spacial score (nSPS) is 17.6. The van der Waals surface area contributed by atoms with Gasteiger partial charge in [-0.25, -0.2) is 4.39 Å². The van der Waals surface area contributed by atoms with E-state index in [1.807, 2.05) is 0 Å². The number of halogens is 1. The minimum atomic E-state index is -0.818. The number of likely N-dealkylation sites (tertiary alicyclic amines) is 1. The summed E-state index contributed by atoms with van der Waals surface area (Å²) in [5.41, 5.74) is 0.308. The van der Waals surface area contributed by atoms with Crippen LogP contribution in [0.3, 0.4) is 0 Å². The number of fused-ring (bicyclic) bond motifs is 1. The predicted octanol–water partition coefficient (Wildman–Crippen LogP) is 2.09. The number of amides is 1. The smallest absolute Gasteiger partial charge is 0.290 e. The molecule has 0 atom stereocenters. The quantitative estimate of drug-likeness (QED) is 0.857. The number of furan rings is 1. The lowest BCUT2D eigenvalue weighted by atomic mass is 9.96. The summed E-state index contributed by atoms with van der Waals surface area (Å²) < 4.78 is 18.7. The van der Waals surface area contributed by atoms with Gasteiger partial charge in [0.1, 0.15) is 11.4 Å². The van der Waals surface area contributed by atoms with Gasteiger partial charge in [-0.15, -0.1) is 0 Å². The molecule has 100 valence electrons. The molecule has 0 aliphatic carbocycles. The van der Waals surface area contributed by atoms with Gasteiger partial charge in [0.15, 0.2) is 5.76 Å². The van der Waals surface area contributed by atoms with Crippen molar-refractivity contribution in [1.82, 2.24) is 4.90 Å². The van der Waals surface area contributed by atoms with E-state index >= 15 is 0 Å². The molecule has 2 aromatic rings. The maximum absolute atomic E-state index is 13.2. The van der Waals surface area contributed by atoms with Crippen molar-refractivity contribution in [1.29, 1.82) is 0 Å². The summed E-state index contributed by atoms with van der Waals surface area (Å²) in [5, 5.41) is 10.3. The first-order valence-electron chi connectivity index (χ1n) is 6.08. The second-order valence-electron chi connectivity index (χ2n) is 5.35. The number of aliphatic hydroxyl groups is 1. The van der Waals surface area contributed by atoms with Gasteiger partial charge in [0.2, 0.25) is 0 Å². The van der Waals surface area contributed by atoms with Gasteiger partial charge in [-0.2, -0.15) is 0 Å². The number of hydrogen-bond acceptors (Lipinski definition) is 3. The minimum absolute atomic E-state index is 0.219. The third-order valence-corrected chi connectivity index (χ3v) is 3.44. The molecule has 0 saturated carbocycles. The molecule has 19 heavy (non-hydrogen) atoms. The molecule has 1 fully saturated rings. The van der Waals surface area contributed by atoms with Crippen molar-refractivity contribution in [2.24, 2.45) is 0 Å². The number of benzene rings is 1. The second-order valence-corrected chi connectivity index (χ2v) is 5.35. The van der Waals surface area contributed by atoms with Gasteiger partial charge in [0.25, 0.3) is 5.91 Å². The zero-order valence-electron chi connectivity index (χ0n) is 10.7. The molecule has 1 amide bonds. The largest absolute Gasteiger partial charge is 0.451 e. The molecular formula is C14H14FNO3. The van der Waals surface area contributed by atoms with Crippen molar-refractivity contribution < 1.29 is 18.7 Å². The van der Waals surface area contributed by atoms with Gasteiger partial charge in [-0.05, 0) is 32.0 Å². The van der Waals surface area contributed by atoms with E-state index < -0.39 is 5.60 Å². The monoisotopic (exact) mass is 263 g/mol. The van der Waals surface area contributed by atoms with Gasteiger partial charge >= 0.3 is 0 Å². The van der Waals surface area contributed by atoms with Crippen molar-refractivity contribution in [2.45, 2.75) is 19.4 Å². The van der Waals surface area contributed by atoms with E-state index in [2.05, 4.69) is 0 Å². The maximum atomic E-state index is 13.2. The second kappa shape index (κ2) is 3.81. The standard InChI is InChI=1S/C14H14FNO3/c1-8-10-5-9(15)3-4-11(10)19-12(8)13(17)16-6-14(2,18)7-16/h3-5,18H,6-7H2,1-2H3. The van der Waals surface area contributed by atoms with E-state index in [9.17, 15) is 14.3 Å². The Morgan fingerprint density at radius 3 is 2.79 bits per heavy atom. The maximum Gasteiger partial charge on any atom is 0.290 e. The third kappa shape index (κ3) is 1.90. The average molecular weight is 263 g/mol. The Balaban J connectivity index is 1.97. The molecule has 0 unspecified atom stereocenters. The number of hydrogen-bond donors (Lipinski definition) is 1. The van der Waals surface area contributed by atoms with Crippen LogP contribution in [0, 0.1) is 12.7 Å². The summed E-state index contributed by atoms with van der Waals surface area (Å²) in [4.78, 5) is 13.7. The van der Waals surface area contributed by atoms with E-state index in [1.54, 1.807) is 13.8 Å². The molecule has 1 aromatic carbocycles. The summed E-state index contributed by atoms with van der Waals surface area (Å²) in [6.07, 6.45) is 0. The summed E-state index contributed by atoms with van der Waals surface area (Å²) >= 11 is 0. The number of carbonyl (C=O) groups is 1. The van der Waals surface area contributed by atoms with E-state index in [0.29, 0.717) is 16.5 Å². The third-order valence-electron chi connectivity index (χ3n) is 3.44. The Hall–Kier alpha value is -1.88. The molecule has 0 spiro atoms. The highest BCUT2D eigenvalue weighted by Crippen LogP contribution is 2.29. The number of β-amino-alcohol motifs (C(OH)–C–C–N with tert-alkyl or cyclic N) is 1. The van der Waals surface area contributed by atoms with Crippen molar-refractivity contribution >= 4 is 16.9 Å². The molecule has 1 aliphatic rings. The lowest BCUT2D eigenvalue weighted by Gasteiger charge is -2.43. The van der Waals surface area contributed by atoms with E-state index in [-0.39, 0.29) is 30.6 Å². The fourth-order valence-electron chi connectivity index (χ4n) is 2.46. The first kappa shape index (κ1) is 12.2. The van der Waals surface area contributed by atoms with Crippen LogP contribution in [0.5, 0.6) is 0 Å². The highest BCUT2D eigenvalue weighted by molar-refractivity contribution is 5.99. The Bertz CT molecular complexity index is 667. The van der Waals surface area contributed by atoms with E-state index in [0.717, 1.165) is 0 Å². The lowest BCUT2D eigenvalue weighted by molar-refractivity contribution is -0.0677. The topological polar surface area (TPSA) is 53.7 Å². The molecule has 0 bridgehead atoms. The fourth-order valence-corrected chi connectivity index (χ4v) is 2.46. The van der Waals surface area contributed by atoms with Crippen LogP contribution >= 0.6 is 0 Å². The van der Waals surface area contributed by atoms with Crippen molar-refractivity contribution in [2.75, 3.05) is 13.1 Å². The number of carbonyl (C=O) groups excluding carboxylic acids is 1. The zero-order valence-corrected chi connectivity index (χ0v) is 10.7. The van der Waals surface area contributed by atoms with Crippen LogP contribution in [-0.2, 0) is 0 Å². The Morgan fingerprint density at radius 1 is 1.47 bits per heavy atom. The number of rotatable bonds is 1. The molecule has 1 aliphatic heterocycles. The summed E-state index contributed by atoms with van der Waals surface area (Å²) in [6.45, 7) is 3.99. The van der Waals surface area contributed by atoms with Gasteiger partial charge in [0.05, 0.1) is 18.7 Å². The highest BCUT2D eigenvalue weighted by atomic mass is 19.1. The molecule has 1 saturated heterocycles. The molecular weight excluding hydrogens is 249 g/mol. The fraction of sp³-hybridized carbons (Fsp3) is 0.357. The first-order valence-corrected chi connectivity index (χ1v) is 6.08. The minimum Gasteiger partial charge on any atom is -0.451 e. The number of nitrogens with zero attached hydrogens (tertiary/aromatic N) is 1. The molecule has 3 rings (SSSR count). The summed E-state index contributed by atoms with van der Waals surface area (Å²) in [7, 11) is 0. The molecule has 2 heterocycles. The first-order chi connectivity index (χ1) is 8.87. The Labute approximate surface area is 109 Å². The Kier molecular flexibility index (Phi) is 2.44. The van der Waals surface area contributed by atoms with Crippen LogP contribution in [0.15, 0.2) is 22.6 Å². The van der Waals surface area contributed by atoms with Gasteiger partial charge in [-0.3, -0.25) is 4.79 Å². The molecule has 0 radical (unpaired) electrons. The van der Waals surface area contributed by atoms with Crippen LogP contribution in [0.2, 0.25) is 0 Å². The van der Waals surface area contributed by atoms with Crippen LogP contribution in [0.4, 0.5) is 4.39 Å². The van der Waals surface area contributed by atoms with Crippen molar-refractivity contribution in [3.05, 3.63) is 35.3 Å². The summed E-state index contributed by atoms with van der Waals surface area (Å²) in [6, 6.07) is 4.17. The van der Waals surface area contributed by atoms with Crippen LogP contribution < -0.4 is 0 Å².